The van der Waals surface area contributed by atoms with Crippen LogP contribution in [0.2, 0.25) is 0 Å². The molecule has 33 heavy (non-hydrogen) atoms. The molecule has 0 bridgehead atoms. The molecule has 0 spiro atoms. The molecule has 168 valence electrons. The van der Waals surface area contributed by atoms with Gasteiger partial charge in [-0.05, 0) is 23.6 Å². The Hall–Kier alpha value is -3.36. The first kappa shape index (κ1) is 21.5. The van der Waals surface area contributed by atoms with Crippen molar-refractivity contribution in [3.63, 3.8) is 0 Å². The zero-order valence-corrected chi connectivity index (χ0v) is 18.8. The minimum Gasteiger partial charge on any atom is -0.448 e. The number of hydrogen-bond donors (Lipinski definition) is 1. The van der Waals surface area contributed by atoms with E-state index in [1.165, 1.54) is 4.90 Å². The lowest BCUT2D eigenvalue weighted by atomic mass is 10.00. The molecule has 1 aromatic heterocycles. The highest BCUT2D eigenvalue weighted by molar-refractivity contribution is 8.00. The van der Waals surface area contributed by atoms with Gasteiger partial charge < -0.3 is 15.0 Å². The standard InChI is InChI=1S/C25H23N3O4S/c1-15-12-19(32-27-15)13-18-14-33-24-20(26)23(29)28(24)21(18)25(30)31-22(16-8-4-2-5-9-16)17-10-6-3-7-11-17/h2-12,20,22,24H,13-14,26H2,1H3. The van der Waals surface area contributed by atoms with Crippen molar-refractivity contribution < 1.29 is 18.8 Å². The molecule has 2 N–H and O–H groups in total. The molecule has 2 aromatic carbocycles. The highest BCUT2D eigenvalue weighted by Gasteiger charge is 2.52. The predicted molar refractivity (Wildman–Crippen MR) is 124 cm³/mol. The molecule has 2 unspecified atom stereocenters. The number of hydrogen-bond acceptors (Lipinski definition) is 7. The number of ether oxygens (including phenoxy) is 1. The molecule has 0 aliphatic carbocycles. The Morgan fingerprint density at radius 1 is 1.18 bits per heavy atom. The summed E-state index contributed by atoms with van der Waals surface area (Å²) >= 11 is 1.54. The molecule has 5 rings (SSSR count). The normalized spacial score (nSPS) is 20.0. The van der Waals surface area contributed by atoms with Gasteiger partial charge in [0.15, 0.2) is 6.10 Å². The first-order valence-electron chi connectivity index (χ1n) is 10.7. The highest BCUT2D eigenvalue weighted by Crippen LogP contribution is 2.41. The van der Waals surface area contributed by atoms with Crippen molar-refractivity contribution in [3.05, 3.63) is 101 Å². The molecular formula is C25H23N3O4S. The number of nitrogens with two attached hydrogens (primary N) is 1. The second kappa shape index (κ2) is 8.88. The summed E-state index contributed by atoms with van der Waals surface area (Å²) in [6.45, 7) is 1.84. The van der Waals surface area contributed by atoms with Gasteiger partial charge in [-0.15, -0.1) is 11.8 Å². The van der Waals surface area contributed by atoms with Gasteiger partial charge in [-0.1, -0.05) is 65.8 Å². The molecule has 2 aliphatic heterocycles. The molecule has 0 saturated carbocycles. The molecule has 1 saturated heterocycles. The van der Waals surface area contributed by atoms with Crippen LogP contribution in [0.5, 0.6) is 0 Å². The number of β-lactam (4-membered cyclic amide) rings is 1. The molecule has 8 heteroatoms. The lowest BCUT2D eigenvalue weighted by molar-refractivity contribution is -0.153. The first-order chi connectivity index (χ1) is 16.0. The molecule has 2 aliphatic rings. The monoisotopic (exact) mass is 461 g/mol. The van der Waals surface area contributed by atoms with Crippen LogP contribution in [0.25, 0.3) is 0 Å². The third-order valence-corrected chi connectivity index (χ3v) is 7.14. The summed E-state index contributed by atoms with van der Waals surface area (Å²) in [5.41, 5.74) is 9.48. The summed E-state index contributed by atoms with van der Waals surface area (Å²) < 4.78 is 11.5. The summed E-state index contributed by atoms with van der Waals surface area (Å²) in [7, 11) is 0. The van der Waals surface area contributed by atoms with E-state index < -0.39 is 18.1 Å². The van der Waals surface area contributed by atoms with Gasteiger partial charge in [-0.3, -0.25) is 9.69 Å². The van der Waals surface area contributed by atoms with E-state index in [2.05, 4.69) is 5.16 Å². The number of amides is 1. The van der Waals surface area contributed by atoms with E-state index in [0.29, 0.717) is 17.9 Å². The highest BCUT2D eigenvalue weighted by atomic mass is 32.2. The maximum atomic E-state index is 13.6. The van der Waals surface area contributed by atoms with Crippen molar-refractivity contribution in [3.8, 4) is 0 Å². The maximum absolute atomic E-state index is 13.6. The number of thioether (sulfide) groups is 1. The van der Waals surface area contributed by atoms with Crippen molar-refractivity contribution in [1.29, 1.82) is 0 Å². The number of aryl methyl sites for hydroxylation is 1. The van der Waals surface area contributed by atoms with Crippen LogP contribution in [0, 0.1) is 6.92 Å². The summed E-state index contributed by atoms with van der Waals surface area (Å²) in [5.74, 6) is 0.353. The summed E-state index contributed by atoms with van der Waals surface area (Å²) in [6, 6.07) is 20.3. The number of aromatic nitrogens is 1. The van der Waals surface area contributed by atoms with Crippen LogP contribution < -0.4 is 5.73 Å². The Morgan fingerprint density at radius 3 is 2.39 bits per heavy atom. The van der Waals surface area contributed by atoms with Crippen LogP contribution in [-0.4, -0.2) is 39.1 Å². The Bertz CT molecular complexity index is 1170. The van der Waals surface area contributed by atoms with Crippen LogP contribution in [0.4, 0.5) is 0 Å². The Kier molecular flexibility index (Phi) is 5.78. The van der Waals surface area contributed by atoms with Gasteiger partial charge in [0.1, 0.15) is 22.9 Å². The third-order valence-electron chi connectivity index (χ3n) is 5.78. The average Bonchev–Trinajstić information content (AvgIpc) is 3.27. The van der Waals surface area contributed by atoms with Gasteiger partial charge in [0, 0.05) is 18.2 Å². The van der Waals surface area contributed by atoms with Gasteiger partial charge in [0.2, 0.25) is 5.91 Å². The minimum atomic E-state index is -0.620. The van der Waals surface area contributed by atoms with E-state index in [1.807, 2.05) is 73.7 Å². The second-order valence-electron chi connectivity index (χ2n) is 8.11. The van der Waals surface area contributed by atoms with Gasteiger partial charge in [-0.25, -0.2) is 4.79 Å². The van der Waals surface area contributed by atoms with E-state index in [-0.39, 0.29) is 17.0 Å². The topological polar surface area (TPSA) is 98.7 Å². The van der Waals surface area contributed by atoms with E-state index >= 15 is 0 Å². The number of nitrogens with zero attached hydrogens (tertiary/aromatic N) is 2. The summed E-state index contributed by atoms with van der Waals surface area (Å²) in [6.07, 6.45) is -0.245. The van der Waals surface area contributed by atoms with Gasteiger partial charge >= 0.3 is 5.97 Å². The van der Waals surface area contributed by atoms with Crippen molar-refractivity contribution in [2.75, 3.05) is 5.75 Å². The quantitative estimate of drug-likeness (QED) is 0.444. The van der Waals surface area contributed by atoms with E-state index in [9.17, 15) is 9.59 Å². The minimum absolute atomic E-state index is 0.261. The van der Waals surface area contributed by atoms with E-state index in [0.717, 1.165) is 22.4 Å². The van der Waals surface area contributed by atoms with Crippen molar-refractivity contribution in [1.82, 2.24) is 10.1 Å². The van der Waals surface area contributed by atoms with E-state index in [1.54, 1.807) is 11.8 Å². The number of carbonyl (C=O) groups excluding carboxylic acids is 2. The average molecular weight is 462 g/mol. The SMILES string of the molecule is Cc1cc(CC2=C(C(=O)OC(c3ccccc3)c3ccccc3)N3C(=O)C(N)C3SC2)on1. The number of esters is 1. The number of benzene rings is 2. The number of carbonyl (C=O) groups is 2. The molecule has 1 fully saturated rings. The molecule has 7 nitrogen and oxygen atoms in total. The Morgan fingerprint density at radius 2 is 1.82 bits per heavy atom. The molecular weight excluding hydrogens is 438 g/mol. The fourth-order valence-corrected chi connectivity index (χ4v) is 5.45. The van der Waals surface area contributed by atoms with Crippen molar-refractivity contribution in [2.24, 2.45) is 5.73 Å². The van der Waals surface area contributed by atoms with Gasteiger partial charge in [0.25, 0.3) is 0 Å². The van der Waals surface area contributed by atoms with Crippen LogP contribution >= 0.6 is 11.8 Å². The number of rotatable bonds is 6. The largest absolute Gasteiger partial charge is 0.448 e. The third kappa shape index (κ3) is 4.07. The van der Waals surface area contributed by atoms with Crippen molar-refractivity contribution >= 4 is 23.6 Å². The van der Waals surface area contributed by atoms with Crippen LogP contribution in [0.15, 0.2) is 82.5 Å². The van der Waals surface area contributed by atoms with Crippen molar-refractivity contribution in [2.45, 2.75) is 30.9 Å². The first-order valence-corrected chi connectivity index (χ1v) is 11.7. The fraction of sp³-hybridized carbons (Fsp3) is 0.240. The molecule has 0 radical (unpaired) electrons. The lowest BCUT2D eigenvalue weighted by Crippen LogP contribution is -2.68. The summed E-state index contributed by atoms with van der Waals surface area (Å²) in [4.78, 5) is 27.8. The summed E-state index contributed by atoms with van der Waals surface area (Å²) in [5, 5.41) is 3.66. The second-order valence-corrected chi connectivity index (χ2v) is 9.21. The molecule has 2 atom stereocenters. The number of fused-ring (bicyclic) bond motifs is 1. The molecule has 1 amide bonds. The van der Waals surface area contributed by atoms with Gasteiger partial charge in [0.05, 0.1) is 5.69 Å². The van der Waals surface area contributed by atoms with Crippen LogP contribution in [0.3, 0.4) is 0 Å². The van der Waals surface area contributed by atoms with E-state index in [4.69, 9.17) is 15.0 Å². The van der Waals surface area contributed by atoms with Crippen LogP contribution in [-0.2, 0) is 20.7 Å². The van der Waals surface area contributed by atoms with Crippen LogP contribution in [0.1, 0.15) is 28.7 Å². The Balaban J connectivity index is 1.51. The predicted octanol–water partition coefficient (Wildman–Crippen LogP) is 3.35. The maximum Gasteiger partial charge on any atom is 0.356 e. The zero-order chi connectivity index (χ0) is 22.9. The fourth-order valence-electron chi connectivity index (χ4n) is 4.16. The molecule has 3 heterocycles. The molecule has 3 aromatic rings. The van der Waals surface area contributed by atoms with Gasteiger partial charge in [-0.2, -0.15) is 0 Å². The lowest BCUT2D eigenvalue weighted by Gasteiger charge is -2.48. The Labute approximate surface area is 195 Å². The smallest absolute Gasteiger partial charge is 0.356 e. The zero-order valence-electron chi connectivity index (χ0n) is 18.0.